The van der Waals surface area contributed by atoms with Crippen LogP contribution in [0.3, 0.4) is 0 Å². The first kappa shape index (κ1) is 34.1. The molecule has 6 atom stereocenters. The van der Waals surface area contributed by atoms with Gasteiger partial charge in [-0.3, -0.25) is 13.9 Å². The third-order valence-electron chi connectivity index (χ3n) is 6.24. The second-order valence-electron chi connectivity index (χ2n) is 9.40. The van der Waals surface area contributed by atoms with Crippen LogP contribution in [0, 0.1) is 0 Å². The van der Waals surface area contributed by atoms with Crippen molar-refractivity contribution in [2.45, 2.75) is 133 Å². The monoisotopic (exact) mass is 578 g/mol. The van der Waals surface area contributed by atoms with Crippen molar-refractivity contribution < 1.29 is 59.2 Å². The lowest BCUT2D eigenvalue weighted by atomic mass is 9.85. The van der Waals surface area contributed by atoms with Gasteiger partial charge < -0.3 is 20.1 Å². The number of carbonyl (C=O) groups is 1. The van der Waals surface area contributed by atoms with E-state index in [0.29, 0.717) is 6.42 Å². The highest BCUT2D eigenvalue weighted by Gasteiger charge is 2.55. The fourth-order valence-corrected chi connectivity index (χ4v) is 5.32. The van der Waals surface area contributed by atoms with E-state index < -0.39 is 63.4 Å². The Morgan fingerprint density at radius 1 is 0.595 bits per heavy atom. The lowest BCUT2D eigenvalue weighted by Gasteiger charge is -2.43. The summed E-state index contributed by atoms with van der Waals surface area (Å²) in [5.74, 6) is -0.863. The Bertz CT molecular complexity index is 862. The molecule has 15 heteroatoms. The Hall–Kier alpha value is -0.910. The summed E-state index contributed by atoms with van der Waals surface area (Å²) in [7, 11) is -10.6. The third-order valence-corrected chi connectivity index (χ3v) is 7.17. The number of hydrogen-bond acceptors (Lipinski definition) is 11. The second kappa shape index (κ2) is 16.9. The smallest absolute Gasteiger partial charge is 0.397 e. The summed E-state index contributed by atoms with van der Waals surface area (Å²) in [4.78, 5) is 12.2. The number of carbonyl (C=O) groups excluding carboxylic acids is 1. The maximum Gasteiger partial charge on any atom is 0.397 e. The van der Waals surface area contributed by atoms with Crippen LogP contribution in [-0.2, 0) is 38.7 Å². The first-order chi connectivity index (χ1) is 17.3. The maximum absolute atomic E-state index is 12.2. The van der Waals surface area contributed by atoms with E-state index in [0.717, 1.165) is 25.7 Å². The van der Waals surface area contributed by atoms with Crippen molar-refractivity contribution in [2.24, 2.45) is 0 Å². The molecule has 0 heterocycles. The van der Waals surface area contributed by atoms with Crippen molar-refractivity contribution >= 4 is 26.8 Å². The van der Waals surface area contributed by atoms with Gasteiger partial charge in [-0.1, -0.05) is 84.0 Å². The Kier molecular flexibility index (Phi) is 15.6. The summed E-state index contributed by atoms with van der Waals surface area (Å²) < 4.78 is 75.4. The molecule has 13 nitrogen and oxygen atoms in total. The van der Waals surface area contributed by atoms with Crippen molar-refractivity contribution in [1.82, 2.24) is 0 Å². The number of aliphatic hydroxyl groups is 3. The standard InChI is InChI=1S/C22H42O13S2/c1-2-3-4-5-6-7-8-9-10-11-12-13-14-15-16(23)33-20-17(24)18(25)21(34-36(27,28)29)22(19(20)26)35-37(30,31)32/h17-22,24-26H,2-15H2,1H3,(H,27,28,29)(H,30,31,32)/t17-,18+,19+,20-,21-,22-/m1/s1. The molecular weight excluding hydrogens is 536 g/mol. The van der Waals surface area contributed by atoms with E-state index in [-0.39, 0.29) is 6.42 Å². The van der Waals surface area contributed by atoms with E-state index >= 15 is 0 Å². The Balaban J connectivity index is 2.44. The number of aliphatic hydroxyl groups excluding tert-OH is 3. The van der Waals surface area contributed by atoms with Gasteiger partial charge in [-0.15, -0.1) is 0 Å². The maximum atomic E-state index is 12.2. The van der Waals surface area contributed by atoms with Crippen LogP contribution in [0.15, 0.2) is 0 Å². The number of rotatable bonds is 19. The van der Waals surface area contributed by atoms with Gasteiger partial charge in [-0.25, -0.2) is 8.37 Å². The average molecular weight is 579 g/mol. The predicted octanol–water partition coefficient (Wildman–Crippen LogP) is 1.85. The van der Waals surface area contributed by atoms with Crippen molar-refractivity contribution in [3.8, 4) is 0 Å². The van der Waals surface area contributed by atoms with Gasteiger partial charge in [0.05, 0.1) is 0 Å². The van der Waals surface area contributed by atoms with Crippen LogP contribution < -0.4 is 0 Å². The number of hydrogen-bond donors (Lipinski definition) is 5. The van der Waals surface area contributed by atoms with E-state index in [4.69, 9.17) is 13.8 Å². The quantitative estimate of drug-likeness (QED) is 0.0841. The Labute approximate surface area is 219 Å². The Morgan fingerprint density at radius 3 is 1.35 bits per heavy atom. The van der Waals surface area contributed by atoms with Gasteiger partial charge in [0.25, 0.3) is 0 Å². The van der Waals surface area contributed by atoms with Crippen molar-refractivity contribution in [2.75, 3.05) is 0 Å². The summed E-state index contributed by atoms with van der Waals surface area (Å²) >= 11 is 0. The van der Waals surface area contributed by atoms with Crippen LogP contribution in [0.25, 0.3) is 0 Å². The highest BCUT2D eigenvalue weighted by Crippen LogP contribution is 2.30. The van der Waals surface area contributed by atoms with Crippen LogP contribution in [0.4, 0.5) is 0 Å². The predicted molar refractivity (Wildman–Crippen MR) is 131 cm³/mol. The van der Waals surface area contributed by atoms with Crippen molar-refractivity contribution in [1.29, 1.82) is 0 Å². The molecule has 0 aromatic carbocycles. The van der Waals surface area contributed by atoms with Crippen LogP contribution in [-0.4, -0.2) is 83.9 Å². The molecular formula is C22H42O13S2. The van der Waals surface area contributed by atoms with Crippen molar-refractivity contribution in [3.05, 3.63) is 0 Å². The highest BCUT2D eigenvalue weighted by molar-refractivity contribution is 7.81. The fraction of sp³-hybridized carbons (Fsp3) is 0.955. The van der Waals surface area contributed by atoms with Gasteiger partial charge in [0.15, 0.2) is 6.10 Å². The van der Waals surface area contributed by atoms with Gasteiger partial charge in [-0.2, -0.15) is 16.8 Å². The molecule has 0 aromatic heterocycles. The van der Waals surface area contributed by atoms with E-state index in [1.54, 1.807) is 0 Å². The molecule has 0 bridgehead atoms. The van der Waals surface area contributed by atoms with Gasteiger partial charge in [0.2, 0.25) is 0 Å². The zero-order valence-electron chi connectivity index (χ0n) is 21.2. The molecule has 0 radical (unpaired) electrons. The van der Waals surface area contributed by atoms with Crippen LogP contribution in [0.1, 0.15) is 96.8 Å². The molecule has 0 unspecified atom stereocenters. The summed E-state index contributed by atoms with van der Waals surface area (Å²) in [6, 6.07) is 0. The number of esters is 1. The average Bonchev–Trinajstić information content (AvgIpc) is 2.79. The molecule has 220 valence electrons. The summed E-state index contributed by atoms with van der Waals surface area (Å²) in [6.45, 7) is 2.20. The molecule has 37 heavy (non-hydrogen) atoms. The molecule has 0 saturated heterocycles. The zero-order valence-corrected chi connectivity index (χ0v) is 22.8. The second-order valence-corrected chi connectivity index (χ2v) is 11.5. The molecule has 1 saturated carbocycles. The van der Waals surface area contributed by atoms with Gasteiger partial charge >= 0.3 is 26.8 Å². The summed E-state index contributed by atoms with van der Waals surface area (Å²) in [5.41, 5.74) is 0. The number of ether oxygens (including phenoxy) is 1. The summed E-state index contributed by atoms with van der Waals surface area (Å²) in [6.07, 6.45) is 0.940. The molecule has 0 amide bonds. The molecule has 0 aromatic rings. The van der Waals surface area contributed by atoms with E-state index in [1.807, 2.05) is 0 Å². The molecule has 5 N–H and O–H groups in total. The van der Waals surface area contributed by atoms with E-state index in [1.165, 1.54) is 51.4 Å². The molecule has 1 rings (SSSR count). The lowest BCUT2D eigenvalue weighted by molar-refractivity contribution is -0.224. The number of unbranched alkanes of at least 4 members (excludes halogenated alkanes) is 12. The van der Waals surface area contributed by atoms with Crippen LogP contribution in [0.5, 0.6) is 0 Å². The SMILES string of the molecule is CCCCCCCCCCCCCCCC(=O)O[C@@H]1[C@H](O)[C@H](O)[C@@H](OS(=O)(=O)O)[C@H](OS(=O)(=O)O)[C@H]1O. The third kappa shape index (κ3) is 14.2. The first-order valence-electron chi connectivity index (χ1n) is 12.8. The lowest BCUT2D eigenvalue weighted by Crippen LogP contribution is -2.66. The first-order valence-corrected chi connectivity index (χ1v) is 15.5. The van der Waals surface area contributed by atoms with Gasteiger partial charge in [-0.05, 0) is 6.42 Å². The molecule has 1 fully saturated rings. The van der Waals surface area contributed by atoms with E-state index in [2.05, 4.69) is 15.3 Å². The highest BCUT2D eigenvalue weighted by atomic mass is 32.3. The van der Waals surface area contributed by atoms with Gasteiger partial charge in [0.1, 0.15) is 30.5 Å². The Morgan fingerprint density at radius 2 is 0.946 bits per heavy atom. The molecule has 0 spiro atoms. The minimum Gasteiger partial charge on any atom is -0.457 e. The van der Waals surface area contributed by atoms with Gasteiger partial charge in [0, 0.05) is 6.42 Å². The topological polar surface area (TPSA) is 214 Å². The zero-order chi connectivity index (χ0) is 28.1. The van der Waals surface area contributed by atoms with Crippen LogP contribution >= 0.6 is 0 Å². The van der Waals surface area contributed by atoms with Crippen molar-refractivity contribution in [3.63, 3.8) is 0 Å². The minimum atomic E-state index is -5.32. The normalized spacial score (nSPS) is 26.8. The largest absolute Gasteiger partial charge is 0.457 e. The minimum absolute atomic E-state index is 0.0848. The molecule has 1 aliphatic rings. The molecule has 0 aliphatic heterocycles. The molecule has 1 aliphatic carbocycles. The van der Waals surface area contributed by atoms with Crippen LogP contribution in [0.2, 0.25) is 0 Å². The summed E-state index contributed by atoms with van der Waals surface area (Å²) in [5, 5.41) is 30.7. The fourth-order valence-electron chi connectivity index (χ4n) is 4.31. The van der Waals surface area contributed by atoms with E-state index in [9.17, 15) is 36.9 Å².